The fourth-order valence-corrected chi connectivity index (χ4v) is 4.03. The van der Waals surface area contributed by atoms with Gasteiger partial charge in [-0.3, -0.25) is 9.69 Å². The molecule has 6 nitrogen and oxygen atoms in total. The highest BCUT2D eigenvalue weighted by Crippen LogP contribution is 2.31. The molecule has 1 N–H and O–H groups in total. The average molecular weight is 377 g/mol. The predicted octanol–water partition coefficient (Wildman–Crippen LogP) is 2.59. The summed E-state index contributed by atoms with van der Waals surface area (Å²) in [6, 6.07) is 6.10. The van der Waals surface area contributed by atoms with Gasteiger partial charge in [0.15, 0.2) is 5.13 Å². The molecule has 1 saturated heterocycles. The van der Waals surface area contributed by atoms with E-state index < -0.39 is 0 Å². The van der Waals surface area contributed by atoms with Crippen LogP contribution in [-0.2, 0) is 4.79 Å². The molecule has 1 aromatic carbocycles. The fourth-order valence-electron chi connectivity index (χ4n) is 2.99. The highest BCUT2D eigenvalue weighted by atomic mass is 32.1. The smallest absolute Gasteiger partial charge is 0.222 e. The predicted molar refractivity (Wildman–Crippen MR) is 107 cm³/mol. The molecule has 7 heteroatoms. The van der Waals surface area contributed by atoms with Crippen molar-refractivity contribution in [2.45, 2.75) is 20.8 Å². The summed E-state index contributed by atoms with van der Waals surface area (Å²) in [4.78, 5) is 21.2. The SMILES string of the molecule is CCOc1ccc2nc(N3CCN(CCNC(=O)C(C)C)CC3)sc2c1. The Kier molecular flexibility index (Phi) is 6.32. The van der Waals surface area contributed by atoms with Crippen LogP contribution in [0.15, 0.2) is 18.2 Å². The number of hydrogen-bond acceptors (Lipinski definition) is 6. The first-order valence-corrected chi connectivity index (χ1v) is 10.2. The molecule has 0 atom stereocenters. The number of fused-ring (bicyclic) bond motifs is 1. The Balaban J connectivity index is 1.51. The molecule has 0 unspecified atom stereocenters. The number of amides is 1. The molecule has 1 aliphatic rings. The van der Waals surface area contributed by atoms with Crippen LogP contribution in [0.25, 0.3) is 10.2 Å². The van der Waals surface area contributed by atoms with E-state index in [4.69, 9.17) is 9.72 Å². The molecule has 2 heterocycles. The second-order valence-electron chi connectivity index (χ2n) is 6.83. The van der Waals surface area contributed by atoms with Crippen molar-refractivity contribution >= 4 is 32.6 Å². The van der Waals surface area contributed by atoms with Crippen LogP contribution < -0.4 is 15.0 Å². The van der Waals surface area contributed by atoms with Crippen molar-refractivity contribution in [3.8, 4) is 5.75 Å². The molecular weight excluding hydrogens is 348 g/mol. The van der Waals surface area contributed by atoms with Crippen molar-refractivity contribution in [2.24, 2.45) is 5.92 Å². The third-order valence-corrected chi connectivity index (χ3v) is 5.63. The van der Waals surface area contributed by atoms with Crippen molar-refractivity contribution < 1.29 is 9.53 Å². The lowest BCUT2D eigenvalue weighted by Crippen LogP contribution is -2.48. The van der Waals surface area contributed by atoms with Crippen LogP contribution in [-0.4, -0.2) is 61.7 Å². The molecular formula is C19H28N4O2S. The molecule has 26 heavy (non-hydrogen) atoms. The number of benzene rings is 1. The highest BCUT2D eigenvalue weighted by molar-refractivity contribution is 7.22. The monoisotopic (exact) mass is 376 g/mol. The molecule has 1 amide bonds. The number of hydrogen-bond donors (Lipinski definition) is 1. The minimum Gasteiger partial charge on any atom is -0.494 e. The van der Waals surface area contributed by atoms with Crippen molar-refractivity contribution in [3.05, 3.63) is 18.2 Å². The molecule has 0 bridgehead atoms. The molecule has 0 saturated carbocycles. The van der Waals surface area contributed by atoms with Crippen molar-refractivity contribution in [2.75, 3.05) is 50.8 Å². The summed E-state index contributed by atoms with van der Waals surface area (Å²) < 4.78 is 6.75. The van der Waals surface area contributed by atoms with Crippen LogP contribution in [0.1, 0.15) is 20.8 Å². The van der Waals surface area contributed by atoms with Gasteiger partial charge in [-0.25, -0.2) is 4.98 Å². The van der Waals surface area contributed by atoms with Gasteiger partial charge in [0.2, 0.25) is 5.91 Å². The van der Waals surface area contributed by atoms with Gasteiger partial charge in [-0.15, -0.1) is 0 Å². The number of carbonyl (C=O) groups excluding carboxylic acids is 1. The zero-order chi connectivity index (χ0) is 18.5. The molecule has 1 aliphatic heterocycles. The first-order valence-electron chi connectivity index (χ1n) is 9.35. The van der Waals surface area contributed by atoms with Crippen molar-refractivity contribution in [1.82, 2.24) is 15.2 Å². The third-order valence-electron chi connectivity index (χ3n) is 4.55. The normalized spacial score (nSPS) is 15.6. The maximum absolute atomic E-state index is 11.6. The number of nitrogens with zero attached hydrogens (tertiary/aromatic N) is 3. The molecule has 0 radical (unpaired) electrons. The van der Waals surface area contributed by atoms with E-state index in [1.165, 1.54) is 4.70 Å². The van der Waals surface area contributed by atoms with Crippen LogP contribution in [0.4, 0.5) is 5.13 Å². The second-order valence-corrected chi connectivity index (χ2v) is 7.84. The number of aromatic nitrogens is 1. The number of piperazine rings is 1. The summed E-state index contributed by atoms with van der Waals surface area (Å²) in [6.45, 7) is 12.1. The first kappa shape index (κ1) is 18.9. The van der Waals surface area contributed by atoms with Crippen LogP contribution in [0.5, 0.6) is 5.75 Å². The number of ether oxygens (including phenoxy) is 1. The summed E-state index contributed by atoms with van der Waals surface area (Å²) in [7, 11) is 0. The number of anilines is 1. The maximum Gasteiger partial charge on any atom is 0.222 e. The minimum atomic E-state index is 0.0501. The Morgan fingerprint density at radius 2 is 2.08 bits per heavy atom. The van der Waals surface area contributed by atoms with E-state index in [1.54, 1.807) is 11.3 Å². The van der Waals surface area contributed by atoms with E-state index in [0.717, 1.165) is 55.7 Å². The highest BCUT2D eigenvalue weighted by Gasteiger charge is 2.20. The fraction of sp³-hybridized carbons (Fsp3) is 0.579. The van der Waals surface area contributed by atoms with Gasteiger partial charge in [0.1, 0.15) is 5.75 Å². The molecule has 0 spiro atoms. The summed E-state index contributed by atoms with van der Waals surface area (Å²) in [5, 5.41) is 4.07. The number of carbonyl (C=O) groups is 1. The van der Waals surface area contributed by atoms with E-state index in [2.05, 4.69) is 21.2 Å². The molecule has 142 valence electrons. The van der Waals surface area contributed by atoms with Gasteiger partial charge in [-0.1, -0.05) is 25.2 Å². The molecule has 2 aromatic rings. The van der Waals surface area contributed by atoms with Crippen LogP contribution in [0.3, 0.4) is 0 Å². The molecule has 1 fully saturated rings. The lowest BCUT2D eigenvalue weighted by atomic mass is 10.2. The molecule has 1 aromatic heterocycles. The van der Waals surface area contributed by atoms with Crippen molar-refractivity contribution in [1.29, 1.82) is 0 Å². The molecule has 3 rings (SSSR count). The van der Waals surface area contributed by atoms with E-state index >= 15 is 0 Å². The Bertz CT molecular complexity index is 738. The van der Waals surface area contributed by atoms with Gasteiger partial charge in [-0.2, -0.15) is 0 Å². The van der Waals surface area contributed by atoms with E-state index in [1.807, 2.05) is 32.9 Å². The lowest BCUT2D eigenvalue weighted by molar-refractivity contribution is -0.124. The summed E-state index contributed by atoms with van der Waals surface area (Å²) in [6.07, 6.45) is 0. The number of rotatable bonds is 7. The number of nitrogens with one attached hydrogen (secondary N) is 1. The van der Waals surface area contributed by atoms with Gasteiger partial charge in [0.05, 0.1) is 16.8 Å². The van der Waals surface area contributed by atoms with Crippen LogP contribution >= 0.6 is 11.3 Å². The topological polar surface area (TPSA) is 57.7 Å². The Morgan fingerprint density at radius 1 is 1.31 bits per heavy atom. The Labute approximate surface area is 159 Å². The molecule has 0 aliphatic carbocycles. The van der Waals surface area contributed by atoms with Gasteiger partial charge in [0, 0.05) is 45.2 Å². The van der Waals surface area contributed by atoms with E-state index in [0.29, 0.717) is 6.61 Å². The van der Waals surface area contributed by atoms with E-state index in [9.17, 15) is 4.79 Å². The Hall–Kier alpha value is -1.86. The summed E-state index contributed by atoms with van der Waals surface area (Å²) in [5.74, 6) is 1.09. The van der Waals surface area contributed by atoms with Crippen LogP contribution in [0, 0.1) is 5.92 Å². The van der Waals surface area contributed by atoms with Gasteiger partial charge >= 0.3 is 0 Å². The average Bonchev–Trinajstić information content (AvgIpc) is 3.05. The van der Waals surface area contributed by atoms with Gasteiger partial charge in [-0.05, 0) is 25.1 Å². The quantitative estimate of drug-likeness (QED) is 0.805. The maximum atomic E-state index is 11.6. The lowest BCUT2D eigenvalue weighted by Gasteiger charge is -2.34. The first-order chi connectivity index (χ1) is 12.6. The summed E-state index contributed by atoms with van der Waals surface area (Å²) >= 11 is 1.73. The van der Waals surface area contributed by atoms with E-state index in [-0.39, 0.29) is 11.8 Å². The largest absolute Gasteiger partial charge is 0.494 e. The second kappa shape index (κ2) is 8.68. The minimum absolute atomic E-state index is 0.0501. The third kappa shape index (κ3) is 4.65. The zero-order valence-electron chi connectivity index (χ0n) is 15.8. The van der Waals surface area contributed by atoms with Gasteiger partial charge < -0.3 is 15.0 Å². The zero-order valence-corrected chi connectivity index (χ0v) is 16.6. The van der Waals surface area contributed by atoms with Crippen molar-refractivity contribution in [3.63, 3.8) is 0 Å². The van der Waals surface area contributed by atoms with Crippen LogP contribution in [0.2, 0.25) is 0 Å². The summed E-state index contributed by atoms with van der Waals surface area (Å²) in [5.41, 5.74) is 1.03. The standard InChI is InChI=1S/C19H28N4O2S/c1-4-25-15-5-6-16-17(13-15)26-19(21-16)23-11-9-22(10-12-23)8-7-20-18(24)14(2)3/h5-6,13-14H,4,7-12H2,1-3H3,(H,20,24). The Morgan fingerprint density at radius 3 is 2.77 bits per heavy atom. The number of thiazole rings is 1. The van der Waals surface area contributed by atoms with Gasteiger partial charge in [0.25, 0.3) is 0 Å².